The lowest BCUT2D eigenvalue weighted by Crippen LogP contribution is -2.30. The van der Waals surface area contributed by atoms with Gasteiger partial charge in [-0.2, -0.15) is 0 Å². The molecule has 0 radical (unpaired) electrons. The standard InChI is InChI=1S/C15H21ClN2O.ClH/c1-2-18(14-5-3-4-13(16)10-14)15(19)7-6-12-8-9-17-11-12;/h3-5,10,12,17H,2,6-9,11H2,1H3;1H. The number of carbonyl (C=O) groups excluding carboxylic acids is 1. The van der Waals surface area contributed by atoms with Crippen molar-refractivity contribution < 1.29 is 4.79 Å². The van der Waals surface area contributed by atoms with Crippen LogP contribution < -0.4 is 10.2 Å². The van der Waals surface area contributed by atoms with Crippen LogP contribution in [0.4, 0.5) is 5.69 Å². The number of hydrogen-bond donors (Lipinski definition) is 1. The lowest BCUT2D eigenvalue weighted by molar-refractivity contribution is -0.118. The number of carbonyl (C=O) groups is 1. The molecule has 1 amide bonds. The quantitative estimate of drug-likeness (QED) is 0.901. The second-order valence-electron chi connectivity index (χ2n) is 5.02. The Balaban J connectivity index is 0.00000200. The summed E-state index contributed by atoms with van der Waals surface area (Å²) in [5, 5.41) is 4.01. The van der Waals surface area contributed by atoms with Crippen LogP contribution in [0.15, 0.2) is 24.3 Å². The van der Waals surface area contributed by atoms with Crippen LogP contribution >= 0.6 is 24.0 Å². The highest BCUT2D eigenvalue weighted by atomic mass is 35.5. The number of nitrogens with zero attached hydrogens (tertiary/aromatic N) is 1. The lowest BCUT2D eigenvalue weighted by Gasteiger charge is -2.22. The summed E-state index contributed by atoms with van der Waals surface area (Å²) in [6.45, 7) is 4.82. The molecule has 1 aromatic rings. The lowest BCUT2D eigenvalue weighted by atomic mass is 10.0. The number of halogens is 2. The van der Waals surface area contributed by atoms with Crippen molar-refractivity contribution in [1.82, 2.24) is 5.32 Å². The van der Waals surface area contributed by atoms with Crippen LogP contribution in [0.25, 0.3) is 0 Å². The van der Waals surface area contributed by atoms with Crippen LogP contribution in [0, 0.1) is 5.92 Å². The topological polar surface area (TPSA) is 32.3 Å². The molecule has 0 spiro atoms. The molecule has 1 unspecified atom stereocenters. The smallest absolute Gasteiger partial charge is 0.226 e. The van der Waals surface area contributed by atoms with Gasteiger partial charge in [0.25, 0.3) is 0 Å². The fourth-order valence-corrected chi connectivity index (χ4v) is 2.75. The zero-order valence-corrected chi connectivity index (χ0v) is 13.3. The molecule has 1 aliphatic heterocycles. The van der Waals surface area contributed by atoms with Gasteiger partial charge in [0.1, 0.15) is 0 Å². The third-order valence-corrected chi connectivity index (χ3v) is 3.90. The average Bonchev–Trinajstić information content (AvgIpc) is 2.90. The Labute approximate surface area is 132 Å². The van der Waals surface area contributed by atoms with Gasteiger partial charge in [0.2, 0.25) is 5.91 Å². The molecule has 1 saturated heterocycles. The Kier molecular flexibility index (Phi) is 7.35. The molecule has 0 aromatic heterocycles. The van der Waals surface area contributed by atoms with Gasteiger partial charge in [-0.1, -0.05) is 17.7 Å². The van der Waals surface area contributed by atoms with Crippen molar-refractivity contribution in [3.05, 3.63) is 29.3 Å². The van der Waals surface area contributed by atoms with Crippen molar-refractivity contribution in [3.63, 3.8) is 0 Å². The molecule has 2 rings (SSSR count). The van der Waals surface area contributed by atoms with E-state index in [2.05, 4.69) is 5.32 Å². The van der Waals surface area contributed by atoms with Crippen LogP contribution in [-0.2, 0) is 4.79 Å². The highest BCUT2D eigenvalue weighted by Gasteiger charge is 2.19. The Bertz CT molecular complexity index is 434. The highest BCUT2D eigenvalue weighted by Crippen LogP contribution is 2.22. The first kappa shape index (κ1) is 17.3. The van der Waals surface area contributed by atoms with Crippen molar-refractivity contribution in [3.8, 4) is 0 Å². The molecule has 1 aromatic carbocycles. The summed E-state index contributed by atoms with van der Waals surface area (Å²) in [5.41, 5.74) is 0.893. The highest BCUT2D eigenvalue weighted by molar-refractivity contribution is 6.30. The maximum Gasteiger partial charge on any atom is 0.226 e. The van der Waals surface area contributed by atoms with Crippen molar-refractivity contribution in [2.75, 3.05) is 24.5 Å². The molecule has 3 nitrogen and oxygen atoms in total. The van der Waals surface area contributed by atoms with E-state index in [1.807, 2.05) is 36.1 Å². The summed E-state index contributed by atoms with van der Waals surface area (Å²) in [4.78, 5) is 14.1. The summed E-state index contributed by atoms with van der Waals surface area (Å²) in [6, 6.07) is 7.49. The van der Waals surface area contributed by atoms with Crippen LogP contribution in [0.1, 0.15) is 26.2 Å². The molecule has 0 bridgehead atoms. The summed E-state index contributed by atoms with van der Waals surface area (Å²) < 4.78 is 0. The summed E-state index contributed by atoms with van der Waals surface area (Å²) >= 11 is 5.99. The summed E-state index contributed by atoms with van der Waals surface area (Å²) in [6.07, 6.45) is 2.78. The van der Waals surface area contributed by atoms with Crippen molar-refractivity contribution in [1.29, 1.82) is 0 Å². The SMILES string of the molecule is CCN(C(=O)CCC1CCNC1)c1cccc(Cl)c1.Cl. The van der Waals surface area contributed by atoms with Crippen LogP contribution in [0.3, 0.4) is 0 Å². The molecule has 0 aliphatic carbocycles. The van der Waals surface area contributed by atoms with E-state index in [9.17, 15) is 4.79 Å². The van der Waals surface area contributed by atoms with Gasteiger partial charge in [0.15, 0.2) is 0 Å². The minimum atomic E-state index is 0. The van der Waals surface area contributed by atoms with Crippen LogP contribution in [0.5, 0.6) is 0 Å². The average molecular weight is 317 g/mol. The Hall–Kier alpha value is -0.770. The molecule has 0 saturated carbocycles. The van der Waals surface area contributed by atoms with Crippen LogP contribution in [-0.4, -0.2) is 25.5 Å². The van der Waals surface area contributed by atoms with E-state index in [0.29, 0.717) is 23.9 Å². The zero-order valence-electron chi connectivity index (χ0n) is 11.8. The molecule has 1 aliphatic rings. The summed E-state index contributed by atoms with van der Waals surface area (Å²) in [5.74, 6) is 0.846. The molecule has 20 heavy (non-hydrogen) atoms. The van der Waals surface area contributed by atoms with Gasteiger partial charge in [-0.25, -0.2) is 0 Å². The number of benzene rings is 1. The zero-order chi connectivity index (χ0) is 13.7. The normalized spacial score (nSPS) is 17.6. The number of nitrogens with one attached hydrogen (secondary N) is 1. The second kappa shape index (κ2) is 8.50. The maximum absolute atomic E-state index is 12.3. The van der Waals surface area contributed by atoms with Crippen molar-refractivity contribution >= 4 is 35.6 Å². The van der Waals surface area contributed by atoms with E-state index >= 15 is 0 Å². The van der Waals surface area contributed by atoms with E-state index in [0.717, 1.165) is 25.2 Å². The van der Waals surface area contributed by atoms with Gasteiger partial charge in [-0.05, 0) is 57.0 Å². The molecular formula is C15H22Cl2N2O. The van der Waals surface area contributed by atoms with Gasteiger partial charge < -0.3 is 10.2 Å². The Morgan fingerprint density at radius 1 is 1.50 bits per heavy atom. The number of rotatable bonds is 5. The minimum absolute atomic E-state index is 0. The number of amides is 1. The molecule has 112 valence electrons. The van der Waals surface area contributed by atoms with E-state index < -0.39 is 0 Å². The molecule has 1 fully saturated rings. The second-order valence-corrected chi connectivity index (χ2v) is 5.45. The number of anilines is 1. The summed E-state index contributed by atoms with van der Waals surface area (Å²) in [7, 11) is 0. The van der Waals surface area contributed by atoms with Gasteiger partial charge in [0, 0.05) is 23.7 Å². The monoisotopic (exact) mass is 316 g/mol. The minimum Gasteiger partial charge on any atom is -0.316 e. The molecule has 5 heteroatoms. The van der Waals surface area contributed by atoms with Gasteiger partial charge in [0.05, 0.1) is 0 Å². The van der Waals surface area contributed by atoms with E-state index in [4.69, 9.17) is 11.6 Å². The molecule has 1 atom stereocenters. The third kappa shape index (κ3) is 4.65. The molecule has 1 heterocycles. The predicted octanol–water partition coefficient (Wildman–Crippen LogP) is 3.50. The molecule has 1 N–H and O–H groups in total. The Morgan fingerprint density at radius 3 is 2.90 bits per heavy atom. The largest absolute Gasteiger partial charge is 0.316 e. The Morgan fingerprint density at radius 2 is 2.30 bits per heavy atom. The van der Waals surface area contributed by atoms with Crippen molar-refractivity contribution in [2.24, 2.45) is 5.92 Å². The van der Waals surface area contributed by atoms with Gasteiger partial charge in [-0.15, -0.1) is 12.4 Å². The first-order chi connectivity index (χ1) is 9.20. The number of hydrogen-bond acceptors (Lipinski definition) is 2. The molecular weight excluding hydrogens is 295 g/mol. The van der Waals surface area contributed by atoms with Crippen molar-refractivity contribution in [2.45, 2.75) is 26.2 Å². The van der Waals surface area contributed by atoms with Crippen LogP contribution in [0.2, 0.25) is 5.02 Å². The van der Waals surface area contributed by atoms with Gasteiger partial charge >= 0.3 is 0 Å². The fraction of sp³-hybridized carbons (Fsp3) is 0.533. The van der Waals surface area contributed by atoms with E-state index in [1.165, 1.54) is 6.42 Å². The maximum atomic E-state index is 12.3. The fourth-order valence-electron chi connectivity index (χ4n) is 2.57. The third-order valence-electron chi connectivity index (χ3n) is 3.67. The first-order valence-electron chi connectivity index (χ1n) is 6.97. The van der Waals surface area contributed by atoms with E-state index in [1.54, 1.807) is 0 Å². The first-order valence-corrected chi connectivity index (χ1v) is 7.35. The van der Waals surface area contributed by atoms with E-state index in [-0.39, 0.29) is 18.3 Å². The predicted molar refractivity (Wildman–Crippen MR) is 86.9 cm³/mol. The van der Waals surface area contributed by atoms with Gasteiger partial charge in [-0.3, -0.25) is 4.79 Å².